The summed E-state index contributed by atoms with van der Waals surface area (Å²) in [6.07, 6.45) is -2.38. The van der Waals surface area contributed by atoms with Gasteiger partial charge in [0, 0.05) is 6.42 Å². The van der Waals surface area contributed by atoms with Crippen LogP contribution in [0.2, 0.25) is 0 Å². The van der Waals surface area contributed by atoms with Crippen molar-refractivity contribution in [1.29, 1.82) is 0 Å². The first kappa shape index (κ1) is 10.9. The van der Waals surface area contributed by atoms with Crippen molar-refractivity contribution in [3.8, 4) is 5.75 Å². The van der Waals surface area contributed by atoms with Crippen molar-refractivity contribution in [3.63, 3.8) is 0 Å². The zero-order valence-corrected chi connectivity index (χ0v) is 7.74. The lowest BCUT2D eigenvalue weighted by atomic mass is 10.0. The molecule has 0 radical (unpaired) electrons. The number of para-hydroxylation sites is 1. The second-order valence-corrected chi connectivity index (χ2v) is 3.24. The smallest absolute Gasteiger partial charge is 0.277 e. The summed E-state index contributed by atoms with van der Waals surface area (Å²) in [7, 11) is 0. The highest BCUT2D eigenvalue weighted by Gasteiger charge is 2.35. The van der Waals surface area contributed by atoms with Crippen molar-refractivity contribution in [3.05, 3.63) is 29.8 Å². The highest BCUT2D eigenvalue weighted by molar-refractivity contribution is 5.32. The molecule has 0 aromatic heterocycles. The summed E-state index contributed by atoms with van der Waals surface area (Å²) in [5.41, 5.74) is 0.137. The number of halogens is 2. The first-order chi connectivity index (χ1) is 6.43. The van der Waals surface area contributed by atoms with E-state index in [1.807, 2.05) is 0 Å². The minimum atomic E-state index is -3.21. The van der Waals surface area contributed by atoms with Gasteiger partial charge in [0.05, 0.1) is 0 Å². The van der Waals surface area contributed by atoms with Crippen LogP contribution in [0, 0.1) is 0 Å². The van der Waals surface area contributed by atoms with Crippen LogP contribution < -0.4 is 0 Å². The monoisotopic (exact) mass is 202 g/mol. The summed E-state index contributed by atoms with van der Waals surface area (Å²) in [4.78, 5) is 0. The van der Waals surface area contributed by atoms with Gasteiger partial charge in [-0.25, -0.2) is 8.78 Å². The molecule has 1 aromatic carbocycles. The predicted octanol–water partition coefficient (Wildman–Crippen LogP) is 1.95. The van der Waals surface area contributed by atoms with E-state index in [1.54, 1.807) is 12.1 Å². The quantitative estimate of drug-likeness (QED) is 0.786. The molecule has 2 N–H and O–H groups in total. The average Bonchev–Trinajstić information content (AvgIpc) is 2.08. The molecule has 1 aromatic rings. The molecule has 1 rings (SSSR count). The van der Waals surface area contributed by atoms with Gasteiger partial charge in [-0.15, -0.1) is 0 Å². The molecule has 0 saturated carbocycles. The third-order valence-electron chi connectivity index (χ3n) is 2.03. The van der Waals surface area contributed by atoms with Crippen LogP contribution in [0.25, 0.3) is 0 Å². The van der Waals surface area contributed by atoms with Crippen LogP contribution in [-0.4, -0.2) is 22.2 Å². The Balaban J connectivity index is 2.84. The first-order valence-electron chi connectivity index (χ1n) is 4.26. The molecule has 4 heteroatoms. The molecule has 1 unspecified atom stereocenters. The molecule has 0 aliphatic heterocycles. The van der Waals surface area contributed by atoms with Gasteiger partial charge in [0.15, 0.2) is 0 Å². The lowest BCUT2D eigenvalue weighted by Crippen LogP contribution is -2.33. The van der Waals surface area contributed by atoms with Crippen LogP contribution in [0.1, 0.15) is 12.5 Å². The summed E-state index contributed by atoms with van der Waals surface area (Å²) in [6.45, 7) is 1.03. The minimum absolute atomic E-state index is 0.137. The van der Waals surface area contributed by atoms with E-state index in [9.17, 15) is 13.9 Å². The van der Waals surface area contributed by atoms with Gasteiger partial charge in [0.2, 0.25) is 0 Å². The number of alkyl halides is 2. The van der Waals surface area contributed by atoms with Crippen molar-refractivity contribution in [1.82, 2.24) is 0 Å². The number of rotatable bonds is 3. The lowest BCUT2D eigenvalue weighted by Gasteiger charge is -2.19. The molecule has 0 spiro atoms. The number of benzene rings is 1. The Morgan fingerprint density at radius 1 is 1.36 bits per heavy atom. The van der Waals surface area contributed by atoms with Crippen molar-refractivity contribution in [2.45, 2.75) is 25.4 Å². The molecule has 0 bridgehead atoms. The second kappa shape index (κ2) is 3.92. The maximum absolute atomic E-state index is 13.1. The number of aromatic hydroxyl groups is 1. The van der Waals surface area contributed by atoms with Crippen LogP contribution in [0.3, 0.4) is 0 Å². The molecule has 2 nitrogen and oxygen atoms in total. The maximum atomic E-state index is 13.1. The molecular formula is C10H12F2O2. The molecule has 78 valence electrons. The molecular weight excluding hydrogens is 190 g/mol. The fraction of sp³-hybridized carbons (Fsp3) is 0.400. The van der Waals surface area contributed by atoms with Crippen molar-refractivity contribution >= 4 is 0 Å². The zero-order chi connectivity index (χ0) is 10.8. The van der Waals surface area contributed by atoms with Gasteiger partial charge in [-0.2, -0.15) is 0 Å². The third-order valence-corrected chi connectivity index (χ3v) is 2.03. The summed E-state index contributed by atoms with van der Waals surface area (Å²) < 4.78 is 26.1. The Bertz CT molecular complexity index is 311. The van der Waals surface area contributed by atoms with E-state index in [0.717, 1.165) is 6.92 Å². The average molecular weight is 202 g/mol. The van der Waals surface area contributed by atoms with E-state index >= 15 is 0 Å². The summed E-state index contributed by atoms with van der Waals surface area (Å²) in [5, 5.41) is 18.0. The highest BCUT2D eigenvalue weighted by atomic mass is 19.3. The van der Waals surface area contributed by atoms with Gasteiger partial charge < -0.3 is 10.2 Å². The fourth-order valence-electron chi connectivity index (χ4n) is 1.06. The highest BCUT2D eigenvalue weighted by Crippen LogP contribution is 2.28. The number of phenolic OH excluding ortho intramolecular Hbond substituents is 1. The molecule has 0 amide bonds. The van der Waals surface area contributed by atoms with Crippen molar-refractivity contribution in [2.24, 2.45) is 0 Å². The standard InChI is InChI=1S/C10H12F2O2/c1-7(13)10(11,12)6-8-4-2-3-5-9(8)14/h2-5,7,13-14H,6H2,1H3. The molecule has 14 heavy (non-hydrogen) atoms. The lowest BCUT2D eigenvalue weighted by molar-refractivity contribution is -0.0984. The molecule has 0 saturated heterocycles. The van der Waals surface area contributed by atoms with Crippen LogP contribution in [0.15, 0.2) is 24.3 Å². The van der Waals surface area contributed by atoms with Gasteiger partial charge in [0.25, 0.3) is 5.92 Å². The number of aliphatic hydroxyl groups is 1. The Hall–Kier alpha value is -1.16. The molecule has 0 heterocycles. The number of hydrogen-bond donors (Lipinski definition) is 2. The van der Waals surface area contributed by atoms with Crippen LogP contribution in [0.4, 0.5) is 8.78 Å². The maximum Gasteiger partial charge on any atom is 0.277 e. The number of aliphatic hydroxyl groups excluding tert-OH is 1. The third kappa shape index (κ3) is 2.42. The van der Waals surface area contributed by atoms with Gasteiger partial charge in [-0.3, -0.25) is 0 Å². The molecule has 0 aliphatic rings. The topological polar surface area (TPSA) is 40.5 Å². The van der Waals surface area contributed by atoms with Crippen LogP contribution >= 0.6 is 0 Å². The largest absolute Gasteiger partial charge is 0.508 e. The second-order valence-electron chi connectivity index (χ2n) is 3.24. The van der Waals surface area contributed by atoms with E-state index in [0.29, 0.717) is 0 Å². The van der Waals surface area contributed by atoms with Gasteiger partial charge in [-0.05, 0) is 18.6 Å². The number of phenols is 1. The van der Waals surface area contributed by atoms with Gasteiger partial charge in [0.1, 0.15) is 11.9 Å². The SMILES string of the molecule is CC(O)C(F)(F)Cc1ccccc1O. The van der Waals surface area contributed by atoms with Crippen molar-refractivity contribution in [2.75, 3.05) is 0 Å². The Kier molecular flexibility index (Phi) is 3.06. The normalized spacial score (nSPS) is 14.0. The summed E-state index contributed by atoms with van der Waals surface area (Å²) >= 11 is 0. The summed E-state index contributed by atoms with van der Waals surface area (Å²) in [5.74, 6) is -3.38. The van der Waals surface area contributed by atoms with Crippen LogP contribution in [0.5, 0.6) is 5.75 Å². The number of hydrogen-bond acceptors (Lipinski definition) is 2. The first-order valence-corrected chi connectivity index (χ1v) is 4.26. The Morgan fingerprint density at radius 3 is 2.43 bits per heavy atom. The van der Waals surface area contributed by atoms with Crippen molar-refractivity contribution < 1.29 is 19.0 Å². The summed E-state index contributed by atoms with van der Waals surface area (Å²) in [6, 6.07) is 5.87. The Morgan fingerprint density at radius 2 is 1.93 bits per heavy atom. The van der Waals surface area contributed by atoms with Gasteiger partial charge >= 0.3 is 0 Å². The fourth-order valence-corrected chi connectivity index (χ4v) is 1.06. The zero-order valence-electron chi connectivity index (χ0n) is 7.74. The van der Waals surface area contributed by atoms with Gasteiger partial charge in [-0.1, -0.05) is 18.2 Å². The van der Waals surface area contributed by atoms with E-state index in [2.05, 4.69) is 0 Å². The Labute approximate surface area is 80.8 Å². The van der Waals surface area contributed by atoms with Crippen LogP contribution in [-0.2, 0) is 6.42 Å². The molecule has 1 atom stereocenters. The molecule has 0 fully saturated rings. The molecule has 0 aliphatic carbocycles. The van der Waals surface area contributed by atoms with E-state index in [4.69, 9.17) is 5.11 Å². The van der Waals surface area contributed by atoms with E-state index < -0.39 is 18.4 Å². The van der Waals surface area contributed by atoms with E-state index in [1.165, 1.54) is 12.1 Å². The van der Waals surface area contributed by atoms with E-state index in [-0.39, 0.29) is 11.3 Å². The predicted molar refractivity (Wildman–Crippen MR) is 48.4 cm³/mol. The minimum Gasteiger partial charge on any atom is -0.508 e.